The summed E-state index contributed by atoms with van der Waals surface area (Å²) in [5.74, 6) is 1.93. The van der Waals surface area contributed by atoms with Crippen LogP contribution in [0.4, 0.5) is 0 Å². The number of rotatable bonds is 4. The highest BCUT2D eigenvalue weighted by Crippen LogP contribution is 2.22. The fourth-order valence-corrected chi connectivity index (χ4v) is 2.80. The number of para-hydroxylation sites is 1. The van der Waals surface area contributed by atoms with Crippen LogP contribution in [0, 0.1) is 0 Å². The van der Waals surface area contributed by atoms with Crippen LogP contribution in [0.1, 0.15) is 27.8 Å². The van der Waals surface area contributed by atoms with E-state index in [1.54, 1.807) is 23.2 Å². The molecule has 3 heterocycles. The second-order valence-corrected chi connectivity index (χ2v) is 5.77. The van der Waals surface area contributed by atoms with Crippen LogP contribution in [0.3, 0.4) is 0 Å². The van der Waals surface area contributed by atoms with E-state index in [1.807, 2.05) is 36.4 Å². The van der Waals surface area contributed by atoms with Crippen molar-refractivity contribution < 1.29 is 13.9 Å². The number of amides is 1. The number of oxazole rings is 1. The Balaban J connectivity index is 1.43. The molecule has 0 fully saturated rings. The predicted molar refractivity (Wildman–Crippen MR) is 90.0 cm³/mol. The Kier molecular flexibility index (Phi) is 4.16. The fourth-order valence-electron chi connectivity index (χ4n) is 2.80. The van der Waals surface area contributed by atoms with Crippen LogP contribution in [-0.2, 0) is 19.6 Å². The third-order valence-electron chi connectivity index (χ3n) is 4.05. The van der Waals surface area contributed by atoms with Gasteiger partial charge in [-0.2, -0.15) is 0 Å². The zero-order valence-corrected chi connectivity index (χ0v) is 13.6. The van der Waals surface area contributed by atoms with E-state index in [4.69, 9.17) is 9.15 Å². The normalized spacial score (nSPS) is 13.4. The SMILES string of the molecule is O=C(c1ccccn1)N1CCc2nc(COc3ccccc3)oc2C1. The smallest absolute Gasteiger partial charge is 0.272 e. The van der Waals surface area contributed by atoms with E-state index in [0.717, 1.165) is 17.2 Å². The van der Waals surface area contributed by atoms with Gasteiger partial charge >= 0.3 is 0 Å². The van der Waals surface area contributed by atoms with Gasteiger partial charge in [0.1, 0.15) is 17.2 Å². The number of carbonyl (C=O) groups is 1. The number of aromatic nitrogens is 2. The molecule has 1 aromatic carbocycles. The van der Waals surface area contributed by atoms with E-state index in [2.05, 4.69) is 9.97 Å². The van der Waals surface area contributed by atoms with Crippen LogP contribution < -0.4 is 4.74 Å². The minimum absolute atomic E-state index is 0.0928. The second kappa shape index (κ2) is 6.76. The highest BCUT2D eigenvalue weighted by Gasteiger charge is 2.26. The van der Waals surface area contributed by atoms with Gasteiger partial charge in [0.15, 0.2) is 6.61 Å². The van der Waals surface area contributed by atoms with E-state index in [0.29, 0.717) is 31.1 Å². The van der Waals surface area contributed by atoms with Gasteiger partial charge in [0.25, 0.3) is 5.91 Å². The minimum atomic E-state index is -0.0928. The molecule has 0 atom stereocenters. The first-order valence-corrected chi connectivity index (χ1v) is 8.15. The Labute approximate surface area is 145 Å². The zero-order chi connectivity index (χ0) is 17.1. The molecule has 6 heteroatoms. The van der Waals surface area contributed by atoms with Gasteiger partial charge in [-0.3, -0.25) is 9.78 Å². The molecule has 25 heavy (non-hydrogen) atoms. The highest BCUT2D eigenvalue weighted by molar-refractivity contribution is 5.92. The lowest BCUT2D eigenvalue weighted by Gasteiger charge is -2.24. The van der Waals surface area contributed by atoms with Gasteiger partial charge in [0, 0.05) is 19.2 Å². The maximum atomic E-state index is 12.5. The number of pyridine rings is 1. The molecule has 4 rings (SSSR count). The van der Waals surface area contributed by atoms with Crippen molar-refractivity contribution in [2.75, 3.05) is 6.54 Å². The molecule has 0 saturated carbocycles. The molecule has 0 unspecified atom stereocenters. The van der Waals surface area contributed by atoms with Crippen molar-refractivity contribution >= 4 is 5.91 Å². The summed E-state index contributed by atoms with van der Waals surface area (Å²) in [4.78, 5) is 22.8. The van der Waals surface area contributed by atoms with Gasteiger partial charge in [-0.25, -0.2) is 4.98 Å². The molecule has 2 aromatic heterocycles. The van der Waals surface area contributed by atoms with Crippen molar-refractivity contribution in [2.45, 2.75) is 19.6 Å². The topological polar surface area (TPSA) is 68.5 Å². The molecular formula is C19H17N3O3. The van der Waals surface area contributed by atoms with E-state index >= 15 is 0 Å². The molecule has 0 aliphatic carbocycles. The molecule has 0 radical (unpaired) electrons. The lowest BCUT2D eigenvalue weighted by atomic mass is 10.1. The molecule has 1 aliphatic rings. The first-order valence-electron chi connectivity index (χ1n) is 8.15. The van der Waals surface area contributed by atoms with Crippen LogP contribution >= 0.6 is 0 Å². The third-order valence-corrected chi connectivity index (χ3v) is 4.05. The molecule has 0 bridgehead atoms. The summed E-state index contributed by atoms with van der Waals surface area (Å²) in [5, 5.41) is 0. The summed E-state index contributed by atoms with van der Waals surface area (Å²) in [6.07, 6.45) is 2.29. The minimum Gasteiger partial charge on any atom is -0.484 e. The Morgan fingerprint density at radius 3 is 2.80 bits per heavy atom. The van der Waals surface area contributed by atoms with Gasteiger partial charge in [0.2, 0.25) is 5.89 Å². The van der Waals surface area contributed by atoms with E-state index < -0.39 is 0 Å². The van der Waals surface area contributed by atoms with E-state index in [-0.39, 0.29) is 12.5 Å². The van der Waals surface area contributed by atoms with Crippen LogP contribution in [0.15, 0.2) is 59.1 Å². The van der Waals surface area contributed by atoms with Gasteiger partial charge in [0.05, 0.1) is 12.2 Å². The van der Waals surface area contributed by atoms with Crippen LogP contribution in [0.25, 0.3) is 0 Å². The van der Waals surface area contributed by atoms with Gasteiger partial charge in [-0.15, -0.1) is 0 Å². The van der Waals surface area contributed by atoms with Gasteiger partial charge in [-0.1, -0.05) is 24.3 Å². The number of hydrogen-bond donors (Lipinski definition) is 0. The summed E-state index contributed by atoms with van der Waals surface area (Å²) in [5.41, 5.74) is 1.34. The number of carbonyl (C=O) groups excluding carboxylic acids is 1. The molecule has 0 spiro atoms. The quantitative estimate of drug-likeness (QED) is 0.733. The Morgan fingerprint density at radius 2 is 2.00 bits per heavy atom. The monoisotopic (exact) mass is 335 g/mol. The molecule has 1 amide bonds. The van der Waals surface area contributed by atoms with Crippen molar-refractivity contribution in [3.63, 3.8) is 0 Å². The lowest BCUT2D eigenvalue weighted by Crippen LogP contribution is -2.36. The van der Waals surface area contributed by atoms with Crippen LogP contribution in [0.2, 0.25) is 0 Å². The first-order chi connectivity index (χ1) is 12.3. The highest BCUT2D eigenvalue weighted by atomic mass is 16.5. The molecule has 0 saturated heterocycles. The molecule has 3 aromatic rings. The van der Waals surface area contributed by atoms with Crippen LogP contribution in [0.5, 0.6) is 5.75 Å². The Morgan fingerprint density at radius 1 is 1.16 bits per heavy atom. The molecule has 6 nitrogen and oxygen atoms in total. The second-order valence-electron chi connectivity index (χ2n) is 5.77. The number of hydrogen-bond acceptors (Lipinski definition) is 5. The van der Waals surface area contributed by atoms with Crippen LogP contribution in [-0.4, -0.2) is 27.3 Å². The third kappa shape index (κ3) is 3.38. The molecular weight excluding hydrogens is 318 g/mol. The fraction of sp³-hybridized carbons (Fsp3) is 0.211. The van der Waals surface area contributed by atoms with Crippen molar-refractivity contribution in [2.24, 2.45) is 0 Å². The predicted octanol–water partition coefficient (Wildman–Crippen LogP) is 2.85. The van der Waals surface area contributed by atoms with E-state index in [1.165, 1.54) is 0 Å². The van der Waals surface area contributed by atoms with Gasteiger partial charge in [-0.05, 0) is 24.3 Å². The standard InChI is InChI=1S/C19H17N3O3/c23-19(16-8-4-5-10-20-16)22-11-9-15-17(12-22)25-18(21-15)13-24-14-6-2-1-3-7-14/h1-8,10H,9,11-13H2. The Bertz CT molecular complexity index is 862. The summed E-state index contributed by atoms with van der Waals surface area (Å²) < 4.78 is 11.5. The average molecular weight is 335 g/mol. The largest absolute Gasteiger partial charge is 0.484 e. The molecule has 126 valence electrons. The average Bonchev–Trinajstić information content (AvgIpc) is 3.09. The number of benzene rings is 1. The Hall–Kier alpha value is -3.15. The van der Waals surface area contributed by atoms with Crippen molar-refractivity contribution in [3.05, 3.63) is 77.8 Å². The zero-order valence-electron chi connectivity index (χ0n) is 13.6. The van der Waals surface area contributed by atoms with Gasteiger partial charge < -0.3 is 14.1 Å². The number of ether oxygens (including phenoxy) is 1. The number of fused-ring (bicyclic) bond motifs is 1. The summed E-state index contributed by atoms with van der Waals surface area (Å²) in [6, 6.07) is 14.9. The summed E-state index contributed by atoms with van der Waals surface area (Å²) in [6.45, 7) is 1.28. The molecule has 1 aliphatic heterocycles. The lowest BCUT2D eigenvalue weighted by molar-refractivity contribution is 0.0712. The maximum absolute atomic E-state index is 12.5. The first kappa shape index (κ1) is 15.4. The van der Waals surface area contributed by atoms with Crippen molar-refractivity contribution in [3.8, 4) is 5.75 Å². The summed E-state index contributed by atoms with van der Waals surface area (Å²) >= 11 is 0. The summed E-state index contributed by atoms with van der Waals surface area (Å²) in [7, 11) is 0. The van der Waals surface area contributed by atoms with Crippen molar-refractivity contribution in [1.82, 2.24) is 14.9 Å². The van der Waals surface area contributed by atoms with E-state index in [9.17, 15) is 4.79 Å². The molecule has 0 N–H and O–H groups in total. The number of nitrogens with zero attached hydrogens (tertiary/aromatic N) is 3. The maximum Gasteiger partial charge on any atom is 0.272 e. The van der Waals surface area contributed by atoms with Crippen molar-refractivity contribution in [1.29, 1.82) is 0 Å².